The number of imidazole rings is 1. The first-order valence-corrected chi connectivity index (χ1v) is 9.96. The number of carbonyl (C=O) groups is 1. The molecule has 2 aromatic carbocycles. The molecule has 0 saturated carbocycles. The van der Waals surface area contributed by atoms with E-state index in [0.29, 0.717) is 25.4 Å². The number of aromatic nitrogens is 2. The number of methoxy groups -OCH3 is 1. The largest absolute Gasteiger partial charge is 0.383 e. The molecule has 0 spiro atoms. The van der Waals surface area contributed by atoms with Crippen LogP contribution >= 0.6 is 11.8 Å². The van der Waals surface area contributed by atoms with E-state index < -0.39 is 0 Å². The zero-order valence-electron chi connectivity index (χ0n) is 15.5. The number of nitrogens with zero attached hydrogens (tertiary/aromatic N) is 3. The number of carbonyl (C=O) groups excluding carboxylic acids is 1. The Morgan fingerprint density at radius 2 is 1.78 bits per heavy atom. The highest BCUT2D eigenvalue weighted by Gasteiger charge is 2.23. The number of thioether (sulfide) groups is 1. The molecule has 0 N–H and O–H groups in total. The number of hydrogen-bond acceptors (Lipinski definition) is 4. The van der Waals surface area contributed by atoms with Gasteiger partial charge in [-0.15, -0.1) is 0 Å². The molecule has 5 nitrogen and oxygen atoms in total. The second kappa shape index (κ2) is 9.39. The lowest BCUT2D eigenvalue weighted by Gasteiger charge is -2.23. The van der Waals surface area contributed by atoms with Gasteiger partial charge in [0.25, 0.3) is 5.91 Å². The lowest BCUT2D eigenvalue weighted by molar-refractivity contribution is 0.0672. The van der Waals surface area contributed by atoms with E-state index in [4.69, 9.17) is 4.74 Å². The summed E-state index contributed by atoms with van der Waals surface area (Å²) in [7, 11) is 1.64. The minimum atomic E-state index is -0.0624. The van der Waals surface area contributed by atoms with Gasteiger partial charge < -0.3 is 9.64 Å². The van der Waals surface area contributed by atoms with Crippen molar-refractivity contribution in [2.24, 2.45) is 0 Å². The van der Waals surface area contributed by atoms with Crippen molar-refractivity contribution < 1.29 is 9.53 Å². The molecule has 0 saturated heterocycles. The number of rotatable bonds is 8. The summed E-state index contributed by atoms with van der Waals surface area (Å²) < 4.78 is 7.13. The van der Waals surface area contributed by atoms with Crippen LogP contribution in [0.4, 0.5) is 0 Å². The van der Waals surface area contributed by atoms with Crippen LogP contribution in [0.3, 0.4) is 0 Å². The Bertz CT molecular complexity index is 866. The van der Waals surface area contributed by atoms with E-state index in [1.165, 1.54) is 11.8 Å². The summed E-state index contributed by atoms with van der Waals surface area (Å²) >= 11 is 1.52. The van der Waals surface area contributed by atoms with Gasteiger partial charge in [-0.1, -0.05) is 60.3 Å². The molecule has 27 heavy (non-hydrogen) atoms. The molecule has 0 aliphatic carbocycles. The van der Waals surface area contributed by atoms with Crippen LogP contribution in [-0.4, -0.2) is 46.9 Å². The van der Waals surface area contributed by atoms with Gasteiger partial charge in [0.15, 0.2) is 5.16 Å². The lowest BCUT2D eigenvalue weighted by Crippen LogP contribution is -2.34. The van der Waals surface area contributed by atoms with Gasteiger partial charge in [-0.05, 0) is 24.0 Å². The van der Waals surface area contributed by atoms with Gasteiger partial charge in [0.2, 0.25) is 0 Å². The highest BCUT2D eigenvalue weighted by Crippen LogP contribution is 2.23. The highest BCUT2D eigenvalue weighted by atomic mass is 32.2. The SMILES string of the molecule is COCCN(Cc1ccccc1)C(=O)c1cnc(SC)n1-c1ccccc1. The van der Waals surface area contributed by atoms with Crippen LogP contribution in [0, 0.1) is 0 Å². The summed E-state index contributed by atoms with van der Waals surface area (Å²) in [5.74, 6) is -0.0624. The van der Waals surface area contributed by atoms with Gasteiger partial charge in [0.1, 0.15) is 5.69 Å². The monoisotopic (exact) mass is 381 g/mol. The van der Waals surface area contributed by atoms with Crippen molar-refractivity contribution in [1.29, 1.82) is 0 Å². The van der Waals surface area contributed by atoms with Gasteiger partial charge >= 0.3 is 0 Å². The van der Waals surface area contributed by atoms with Crippen molar-refractivity contribution in [2.75, 3.05) is 26.5 Å². The molecule has 3 rings (SSSR count). The Hall–Kier alpha value is -2.57. The molecule has 0 aliphatic heterocycles. The standard InChI is InChI=1S/C21H23N3O2S/c1-26-14-13-23(16-17-9-5-3-6-10-17)20(25)19-15-22-21(27-2)24(19)18-11-7-4-8-12-18/h3-12,15H,13-14,16H2,1-2H3. The van der Waals surface area contributed by atoms with E-state index in [9.17, 15) is 4.79 Å². The Labute approximate surface area is 164 Å². The van der Waals surface area contributed by atoms with Crippen LogP contribution in [0.25, 0.3) is 5.69 Å². The Balaban J connectivity index is 1.95. The molecule has 3 aromatic rings. The number of ether oxygens (including phenoxy) is 1. The molecule has 0 aliphatic rings. The summed E-state index contributed by atoms with van der Waals surface area (Å²) in [6.45, 7) is 1.52. The third-order valence-corrected chi connectivity index (χ3v) is 4.87. The average Bonchev–Trinajstić information content (AvgIpc) is 3.16. The molecular formula is C21H23N3O2S. The van der Waals surface area contributed by atoms with E-state index in [1.807, 2.05) is 71.5 Å². The van der Waals surface area contributed by atoms with Crippen molar-refractivity contribution in [3.8, 4) is 5.69 Å². The molecular weight excluding hydrogens is 358 g/mol. The third kappa shape index (κ3) is 4.59. The van der Waals surface area contributed by atoms with Gasteiger partial charge in [0, 0.05) is 25.9 Å². The first-order chi connectivity index (χ1) is 13.2. The Kier molecular flexibility index (Phi) is 6.68. The van der Waals surface area contributed by atoms with Crippen LogP contribution in [0.15, 0.2) is 72.0 Å². The van der Waals surface area contributed by atoms with Crippen LogP contribution in [0.1, 0.15) is 16.1 Å². The summed E-state index contributed by atoms with van der Waals surface area (Å²) in [6, 6.07) is 19.8. The fourth-order valence-corrected chi connectivity index (χ4v) is 3.42. The molecule has 1 heterocycles. The Morgan fingerprint density at radius 1 is 1.11 bits per heavy atom. The van der Waals surface area contributed by atoms with Crippen LogP contribution < -0.4 is 0 Å². The molecule has 140 valence electrons. The lowest BCUT2D eigenvalue weighted by atomic mass is 10.2. The van der Waals surface area contributed by atoms with E-state index in [1.54, 1.807) is 18.2 Å². The zero-order chi connectivity index (χ0) is 19.1. The number of benzene rings is 2. The van der Waals surface area contributed by atoms with Crippen molar-refractivity contribution in [3.05, 3.63) is 78.1 Å². The second-order valence-corrected chi connectivity index (χ2v) is 6.78. The van der Waals surface area contributed by atoms with E-state index in [2.05, 4.69) is 4.98 Å². The third-order valence-electron chi connectivity index (χ3n) is 4.21. The van der Waals surface area contributed by atoms with Gasteiger partial charge in [0.05, 0.1) is 12.8 Å². The predicted octanol–water partition coefficient (Wildman–Crippen LogP) is 3.88. The second-order valence-electron chi connectivity index (χ2n) is 6.01. The first kappa shape index (κ1) is 19.2. The van der Waals surface area contributed by atoms with Crippen molar-refractivity contribution >= 4 is 17.7 Å². The van der Waals surface area contributed by atoms with E-state index >= 15 is 0 Å². The van der Waals surface area contributed by atoms with Crippen LogP contribution in [-0.2, 0) is 11.3 Å². The summed E-state index contributed by atoms with van der Waals surface area (Å²) in [4.78, 5) is 19.6. The maximum Gasteiger partial charge on any atom is 0.272 e. The summed E-state index contributed by atoms with van der Waals surface area (Å²) in [5.41, 5.74) is 2.56. The molecule has 0 radical (unpaired) electrons. The molecule has 0 fully saturated rings. The molecule has 1 amide bonds. The highest BCUT2D eigenvalue weighted by molar-refractivity contribution is 7.98. The smallest absolute Gasteiger partial charge is 0.272 e. The van der Waals surface area contributed by atoms with Gasteiger partial charge in [-0.3, -0.25) is 9.36 Å². The molecule has 0 unspecified atom stereocenters. The van der Waals surface area contributed by atoms with Crippen molar-refractivity contribution in [2.45, 2.75) is 11.7 Å². The number of hydrogen-bond donors (Lipinski definition) is 0. The van der Waals surface area contributed by atoms with Gasteiger partial charge in [-0.2, -0.15) is 0 Å². The Morgan fingerprint density at radius 3 is 2.41 bits per heavy atom. The normalized spacial score (nSPS) is 10.7. The molecule has 6 heteroatoms. The predicted molar refractivity (Wildman–Crippen MR) is 108 cm³/mol. The summed E-state index contributed by atoms with van der Waals surface area (Å²) in [6.07, 6.45) is 3.62. The molecule has 0 bridgehead atoms. The average molecular weight is 382 g/mol. The van der Waals surface area contributed by atoms with Gasteiger partial charge in [-0.25, -0.2) is 4.98 Å². The van der Waals surface area contributed by atoms with E-state index in [0.717, 1.165) is 16.4 Å². The van der Waals surface area contributed by atoms with Crippen molar-refractivity contribution in [1.82, 2.24) is 14.5 Å². The zero-order valence-corrected chi connectivity index (χ0v) is 16.4. The minimum absolute atomic E-state index is 0.0624. The summed E-state index contributed by atoms with van der Waals surface area (Å²) in [5, 5.41) is 0.788. The topological polar surface area (TPSA) is 47.4 Å². The quantitative estimate of drug-likeness (QED) is 0.556. The number of amides is 1. The maximum atomic E-state index is 13.4. The fourth-order valence-electron chi connectivity index (χ4n) is 2.88. The van der Waals surface area contributed by atoms with Crippen LogP contribution in [0.2, 0.25) is 0 Å². The first-order valence-electron chi connectivity index (χ1n) is 8.74. The fraction of sp³-hybridized carbons (Fsp3) is 0.238. The molecule has 1 aromatic heterocycles. The van der Waals surface area contributed by atoms with Crippen molar-refractivity contribution in [3.63, 3.8) is 0 Å². The van der Waals surface area contributed by atoms with E-state index in [-0.39, 0.29) is 5.91 Å². The minimum Gasteiger partial charge on any atom is -0.383 e. The maximum absolute atomic E-state index is 13.4. The number of para-hydroxylation sites is 1. The molecule has 0 atom stereocenters. The van der Waals surface area contributed by atoms with Crippen LogP contribution in [0.5, 0.6) is 0 Å².